The van der Waals surface area contributed by atoms with Gasteiger partial charge in [-0.05, 0) is 38.5 Å². The molecule has 3 rings (SSSR count). The van der Waals surface area contributed by atoms with Crippen molar-refractivity contribution in [3.8, 4) is 5.75 Å². The van der Waals surface area contributed by atoms with Gasteiger partial charge in [-0.3, -0.25) is 4.79 Å². The number of aryl methyl sites for hydroxylation is 1. The van der Waals surface area contributed by atoms with E-state index in [0.717, 1.165) is 43.2 Å². The van der Waals surface area contributed by atoms with Gasteiger partial charge in [0.2, 0.25) is 5.91 Å². The van der Waals surface area contributed by atoms with E-state index in [2.05, 4.69) is 30.0 Å². The van der Waals surface area contributed by atoms with E-state index in [1.54, 1.807) is 0 Å². The number of nitrogens with zero attached hydrogens (tertiary/aromatic N) is 2. The van der Waals surface area contributed by atoms with Gasteiger partial charge in [-0.15, -0.1) is 0 Å². The molecule has 1 aliphatic heterocycles. The number of benzene rings is 2. The van der Waals surface area contributed by atoms with Crippen LogP contribution in [0.1, 0.15) is 25.0 Å². The molecule has 0 atom stereocenters. The molecule has 0 radical (unpaired) electrons. The van der Waals surface area contributed by atoms with Crippen LogP contribution >= 0.6 is 0 Å². The lowest BCUT2D eigenvalue weighted by molar-refractivity contribution is -0.130. The van der Waals surface area contributed by atoms with Gasteiger partial charge in [0.25, 0.3) is 0 Å². The minimum atomic E-state index is 0.147. The van der Waals surface area contributed by atoms with Crippen molar-refractivity contribution in [2.24, 2.45) is 0 Å². The number of carbonyl (C=O) groups is 1. The van der Waals surface area contributed by atoms with Crippen LogP contribution in [0, 0.1) is 6.92 Å². The van der Waals surface area contributed by atoms with E-state index in [9.17, 15) is 4.79 Å². The molecule has 1 heterocycles. The predicted octanol–water partition coefficient (Wildman–Crippen LogP) is 3.67. The average Bonchev–Trinajstić information content (AvgIpc) is 2.62. The number of hydrogen-bond donors (Lipinski definition) is 0. The minimum Gasteiger partial charge on any atom is -0.489 e. The van der Waals surface area contributed by atoms with E-state index < -0.39 is 0 Å². The maximum absolute atomic E-state index is 12.6. The van der Waals surface area contributed by atoms with Gasteiger partial charge in [0.05, 0.1) is 18.2 Å². The third-order valence-electron chi connectivity index (χ3n) is 4.64. The van der Waals surface area contributed by atoms with Gasteiger partial charge in [0, 0.05) is 26.2 Å². The summed E-state index contributed by atoms with van der Waals surface area (Å²) in [6.07, 6.45) is 0.627. The molecule has 0 saturated carbocycles. The Hall–Kier alpha value is -2.49. The number of amides is 1. The summed E-state index contributed by atoms with van der Waals surface area (Å²) in [5.74, 6) is 1.13. The molecule has 0 spiro atoms. The first-order valence-electron chi connectivity index (χ1n) is 9.37. The molecular formula is C22H28N2O2. The van der Waals surface area contributed by atoms with E-state index in [4.69, 9.17) is 4.74 Å². The summed E-state index contributed by atoms with van der Waals surface area (Å²) in [6, 6.07) is 16.4. The Kier molecular flexibility index (Phi) is 5.82. The Morgan fingerprint density at radius 2 is 1.77 bits per heavy atom. The molecule has 2 aromatic rings. The molecule has 1 amide bonds. The maximum atomic E-state index is 12.6. The summed E-state index contributed by atoms with van der Waals surface area (Å²) in [4.78, 5) is 16.9. The third kappa shape index (κ3) is 4.57. The summed E-state index contributed by atoms with van der Waals surface area (Å²) in [5, 5.41) is 0. The number of rotatable bonds is 5. The molecule has 1 saturated heterocycles. The second-order valence-corrected chi connectivity index (χ2v) is 7.17. The fraction of sp³-hybridized carbons (Fsp3) is 0.409. The van der Waals surface area contributed by atoms with Gasteiger partial charge in [0.1, 0.15) is 5.75 Å². The zero-order valence-corrected chi connectivity index (χ0v) is 15.9. The summed E-state index contributed by atoms with van der Waals surface area (Å²) < 4.78 is 5.94. The number of piperazine rings is 1. The van der Waals surface area contributed by atoms with Crippen LogP contribution in [0.2, 0.25) is 0 Å². The normalized spacial score (nSPS) is 14.6. The first-order valence-corrected chi connectivity index (χ1v) is 9.37. The van der Waals surface area contributed by atoms with E-state index in [1.165, 1.54) is 5.56 Å². The molecule has 0 aromatic heterocycles. The Morgan fingerprint density at radius 3 is 2.46 bits per heavy atom. The summed E-state index contributed by atoms with van der Waals surface area (Å²) in [7, 11) is 0. The number of carbonyl (C=O) groups excluding carboxylic acids is 1. The SMILES string of the molecule is Cc1cccc(CC(=O)N2CCN(c3ccccc3OC(C)C)CC2)c1. The first-order chi connectivity index (χ1) is 12.5. The fourth-order valence-corrected chi connectivity index (χ4v) is 3.38. The Bertz CT molecular complexity index is 749. The molecule has 1 aliphatic rings. The smallest absolute Gasteiger partial charge is 0.227 e. The van der Waals surface area contributed by atoms with E-state index >= 15 is 0 Å². The molecule has 0 N–H and O–H groups in total. The van der Waals surface area contributed by atoms with Crippen molar-refractivity contribution in [1.82, 2.24) is 4.90 Å². The second kappa shape index (κ2) is 8.26. The van der Waals surface area contributed by atoms with Gasteiger partial charge in [0.15, 0.2) is 0 Å². The molecule has 4 heteroatoms. The van der Waals surface area contributed by atoms with Crippen LogP contribution in [0.4, 0.5) is 5.69 Å². The lowest BCUT2D eigenvalue weighted by Crippen LogP contribution is -2.49. The fourth-order valence-electron chi connectivity index (χ4n) is 3.38. The Balaban J connectivity index is 1.60. The van der Waals surface area contributed by atoms with E-state index in [0.29, 0.717) is 6.42 Å². The zero-order chi connectivity index (χ0) is 18.5. The van der Waals surface area contributed by atoms with Gasteiger partial charge < -0.3 is 14.5 Å². The number of anilines is 1. The lowest BCUT2D eigenvalue weighted by Gasteiger charge is -2.37. The minimum absolute atomic E-state index is 0.147. The number of ether oxygens (including phenoxy) is 1. The monoisotopic (exact) mass is 352 g/mol. The van der Waals surface area contributed by atoms with Crippen LogP contribution in [0.15, 0.2) is 48.5 Å². The lowest BCUT2D eigenvalue weighted by atomic mass is 10.1. The van der Waals surface area contributed by atoms with Gasteiger partial charge in [-0.2, -0.15) is 0 Å². The Morgan fingerprint density at radius 1 is 1.04 bits per heavy atom. The van der Waals surface area contributed by atoms with Crippen LogP contribution in [-0.2, 0) is 11.2 Å². The number of hydrogen-bond acceptors (Lipinski definition) is 3. The molecule has 138 valence electrons. The highest BCUT2D eigenvalue weighted by Gasteiger charge is 2.23. The standard InChI is InChI=1S/C22H28N2O2/c1-17(2)26-21-10-5-4-9-20(21)23-11-13-24(14-12-23)22(25)16-19-8-6-7-18(3)15-19/h4-10,15,17H,11-14,16H2,1-3H3. The van der Waals surface area contributed by atoms with Crippen molar-refractivity contribution in [1.29, 1.82) is 0 Å². The summed E-state index contributed by atoms with van der Waals surface area (Å²) in [5.41, 5.74) is 3.40. The topological polar surface area (TPSA) is 32.8 Å². The van der Waals surface area contributed by atoms with E-state index in [-0.39, 0.29) is 12.0 Å². The van der Waals surface area contributed by atoms with Crippen molar-refractivity contribution in [2.45, 2.75) is 33.3 Å². The van der Waals surface area contributed by atoms with Crippen LogP contribution in [0.3, 0.4) is 0 Å². The van der Waals surface area contributed by atoms with Crippen LogP contribution in [-0.4, -0.2) is 43.1 Å². The molecule has 2 aromatic carbocycles. The average molecular weight is 352 g/mol. The quantitative estimate of drug-likeness (QED) is 0.823. The molecule has 0 unspecified atom stereocenters. The third-order valence-corrected chi connectivity index (χ3v) is 4.64. The zero-order valence-electron chi connectivity index (χ0n) is 15.9. The van der Waals surface area contributed by atoms with Crippen molar-refractivity contribution >= 4 is 11.6 Å². The highest BCUT2D eigenvalue weighted by molar-refractivity contribution is 5.79. The Labute approximate surface area is 156 Å². The van der Waals surface area contributed by atoms with Crippen LogP contribution in [0.25, 0.3) is 0 Å². The van der Waals surface area contributed by atoms with Gasteiger partial charge in [-0.25, -0.2) is 0 Å². The molecule has 26 heavy (non-hydrogen) atoms. The summed E-state index contributed by atoms with van der Waals surface area (Å²) >= 11 is 0. The summed E-state index contributed by atoms with van der Waals surface area (Å²) in [6.45, 7) is 9.30. The van der Waals surface area contributed by atoms with Crippen molar-refractivity contribution in [2.75, 3.05) is 31.1 Å². The van der Waals surface area contributed by atoms with Crippen molar-refractivity contribution < 1.29 is 9.53 Å². The van der Waals surface area contributed by atoms with E-state index in [1.807, 2.05) is 49.1 Å². The molecule has 4 nitrogen and oxygen atoms in total. The van der Waals surface area contributed by atoms with Crippen LogP contribution in [0.5, 0.6) is 5.75 Å². The van der Waals surface area contributed by atoms with Gasteiger partial charge >= 0.3 is 0 Å². The highest BCUT2D eigenvalue weighted by atomic mass is 16.5. The molecule has 0 bridgehead atoms. The maximum Gasteiger partial charge on any atom is 0.227 e. The molecular weight excluding hydrogens is 324 g/mol. The molecule has 1 fully saturated rings. The predicted molar refractivity (Wildman–Crippen MR) is 106 cm³/mol. The van der Waals surface area contributed by atoms with Gasteiger partial charge in [-0.1, -0.05) is 42.0 Å². The van der Waals surface area contributed by atoms with Crippen molar-refractivity contribution in [3.63, 3.8) is 0 Å². The highest BCUT2D eigenvalue weighted by Crippen LogP contribution is 2.29. The second-order valence-electron chi connectivity index (χ2n) is 7.17. The first kappa shape index (κ1) is 18.3. The van der Waals surface area contributed by atoms with Crippen molar-refractivity contribution in [3.05, 3.63) is 59.7 Å². The van der Waals surface area contributed by atoms with Crippen LogP contribution < -0.4 is 9.64 Å². The number of para-hydroxylation sites is 2. The largest absolute Gasteiger partial charge is 0.489 e. The molecule has 0 aliphatic carbocycles.